The van der Waals surface area contributed by atoms with Gasteiger partial charge in [0, 0.05) is 6.54 Å². The van der Waals surface area contributed by atoms with E-state index in [4.69, 9.17) is 0 Å². The lowest BCUT2D eigenvalue weighted by atomic mass is 9.66. The van der Waals surface area contributed by atoms with Crippen molar-refractivity contribution in [1.29, 1.82) is 0 Å². The van der Waals surface area contributed by atoms with Gasteiger partial charge in [-0.05, 0) is 43.2 Å². The molecule has 1 N–H and O–H groups in total. The van der Waals surface area contributed by atoms with Crippen molar-refractivity contribution in [2.24, 2.45) is 11.8 Å². The summed E-state index contributed by atoms with van der Waals surface area (Å²) in [6.45, 7) is 4.62. The standard InChI is InChI=1S/C16H23N/c1-12-4-2-7-14(10-12)16-11-17-9-8-15(16)13-5-3-6-13/h2,4,7,10,13,15-17H,3,5-6,8-9,11H2,1H3. The Morgan fingerprint density at radius 2 is 2.06 bits per heavy atom. The van der Waals surface area contributed by atoms with Crippen LogP contribution in [0, 0.1) is 18.8 Å². The van der Waals surface area contributed by atoms with Gasteiger partial charge in [-0.15, -0.1) is 0 Å². The van der Waals surface area contributed by atoms with Gasteiger partial charge in [-0.3, -0.25) is 0 Å². The number of nitrogens with one attached hydrogen (secondary N) is 1. The third kappa shape index (κ3) is 2.26. The minimum Gasteiger partial charge on any atom is -0.316 e. The van der Waals surface area contributed by atoms with Crippen LogP contribution < -0.4 is 5.32 Å². The van der Waals surface area contributed by atoms with Gasteiger partial charge in [0.1, 0.15) is 0 Å². The molecule has 1 heterocycles. The molecule has 1 saturated carbocycles. The summed E-state index contributed by atoms with van der Waals surface area (Å²) in [6.07, 6.45) is 5.80. The van der Waals surface area contributed by atoms with E-state index in [2.05, 4.69) is 36.5 Å². The quantitative estimate of drug-likeness (QED) is 0.818. The molecule has 1 aliphatic heterocycles. The van der Waals surface area contributed by atoms with Crippen molar-refractivity contribution >= 4 is 0 Å². The van der Waals surface area contributed by atoms with Crippen LogP contribution in [0.15, 0.2) is 24.3 Å². The average Bonchev–Trinajstić information content (AvgIpc) is 2.27. The fourth-order valence-electron chi connectivity index (χ4n) is 3.58. The molecule has 0 aromatic heterocycles. The average molecular weight is 229 g/mol. The Bertz CT molecular complexity index is 381. The Hall–Kier alpha value is -0.820. The molecule has 2 atom stereocenters. The highest BCUT2D eigenvalue weighted by Gasteiger charge is 2.35. The van der Waals surface area contributed by atoms with Crippen molar-refractivity contribution < 1.29 is 0 Å². The van der Waals surface area contributed by atoms with Gasteiger partial charge in [0.15, 0.2) is 0 Å². The summed E-state index contributed by atoms with van der Waals surface area (Å²) in [6, 6.07) is 9.15. The van der Waals surface area contributed by atoms with Crippen molar-refractivity contribution in [2.45, 2.75) is 38.5 Å². The molecule has 1 heteroatoms. The van der Waals surface area contributed by atoms with E-state index in [9.17, 15) is 0 Å². The summed E-state index contributed by atoms with van der Waals surface area (Å²) < 4.78 is 0. The zero-order valence-electron chi connectivity index (χ0n) is 10.8. The van der Waals surface area contributed by atoms with Gasteiger partial charge in [-0.2, -0.15) is 0 Å². The zero-order chi connectivity index (χ0) is 11.7. The third-order valence-corrected chi connectivity index (χ3v) is 4.76. The van der Waals surface area contributed by atoms with Gasteiger partial charge in [0.2, 0.25) is 0 Å². The molecule has 2 aliphatic rings. The van der Waals surface area contributed by atoms with Crippen LogP contribution in [0.2, 0.25) is 0 Å². The number of aryl methyl sites for hydroxylation is 1. The lowest BCUT2D eigenvalue weighted by molar-refractivity contribution is 0.146. The molecule has 1 aromatic carbocycles. The summed E-state index contributed by atoms with van der Waals surface area (Å²) in [5, 5.41) is 3.59. The first-order valence-corrected chi connectivity index (χ1v) is 7.12. The SMILES string of the molecule is Cc1cccc(C2CNCCC2C2CCC2)c1. The van der Waals surface area contributed by atoms with Crippen molar-refractivity contribution in [3.05, 3.63) is 35.4 Å². The second kappa shape index (κ2) is 4.81. The van der Waals surface area contributed by atoms with Crippen LogP contribution in [0.3, 0.4) is 0 Å². The van der Waals surface area contributed by atoms with Crippen LogP contribution in [0.4, 0.5) is 0 Å². The molecule has 0 amide bonds. The van der Waals surface area contributed by atoms with E-state index in [0.29, 0.717) is 0 Å². The smallest absolute Gasteiger partial charge is 0.00229 e. The normalized spacial score (nSPS) is 29.9. The lowest BCUT2D eigenvalue weighted by Crippen LogP contribution is -2.40. The van der Waals surface area contributed by atoms with E-state index in [1.165, 1.54) is 44.3 Å². The van der Waals surface area contributed by atoms with E-state index in [1.54, 1.807) is 5.56 Å². The number of hydrogen-bond donors (Lipinski definition) is 1. The molecule has 1 saturated heterocycles. The summed E-state index contributed by atoms with van der Waals surface area (Å²) in [4.78, 5) is 0. The third-order valence-electron chi connectivity index (χ3n) is 4.76. The van der Waals surface area contributed by atoms with E-state index in [-0.39, 0.29) is 0 Å². The maximum Gasteiger partial charge on any atom is 0.00229 e. The Labute approximate surface area is 105 Å². The van der Waals surface area contributed by atoms with Gasteiger partial charge in [-0.25, -0.2) is 0 Å². The highest BCUT2D eigenvalue weighted by molar-refractivity contribution is 5.27. The van der Waals surface area contributed by atoms with Gasteiger partial charge in [0.05, 0.1) is 0 Å². The largest absolute Gasteiger partial charge is 0.316 e. The number of hydrogen-bond acceptors (Lipinski definition) is 1. The van der Waals surface area contributed by atoms with Gasteiger partial charge in [-0.1, -0.05) is 49.1 Å². The van der Waals surface area contributed by atoms with Gasteiger partial charge < -0.3 is 5.32 Å². The van der Waals surface area contributed by atoms with Crippen molar-refractivity contribution in [1.82, 2.24) is 5.32 Å². The topological polar surface area (TPSA) is 12.0 Å². The molecule has 2 fully saturated rings. The van der Waals surface area contributed by atoms with Crippen molar-refractivity contribution in [2.75, 3.05) is 13.1 Å². The fourth-order valence-corrected chi connectivity index (χ4v) is 3.58. The molecule has 0 radical (unpaired) electrons. The second-order valence-corrected chi connectivity index (χ2v) is 5.87. The Balaban J connectivity index is 1.82. The van der Waals surface area contributed by atoms with Crippen molar-refractivity contribution in [3.63, 3.8) is 0 Å². The molecular weight excluding hydrogens is 206 g/mol. The van der Waals surface area contributed by atoms with Crippen LogP contribution in [-0.4, -0.2) is 13.1 Å². The van der Waals surface area contributed by atoms with Gasteiger partial charge in [0.25, 0.3) is 0 Å². The number of rotatable bonds is 2. The summed E-state index contributed by atoms with van der Waals surface area (Å²) >= 11 is 0. The minimum absolute atomic E-state index is 0.758. The Morgan fingerprint density at radius 3 is 2.76 bits per heavy atom. The van der Waals surface area contributed by atoms with Gasteiger partial charge >= 0.3 is 0 Å². The second-order valence-electron chi connectivity index (χ2n) is 5.87. The predicted molar refractivity (Wildman–Crippen MR) is 72.2 cm³/mol. The summed E-state index contributed by atoms with van der Waals surface area (Å²) in [5.41, 5.74) is 2.97. The van der Waals surface area contributed by atoms with E-state index in [0.717, 1.165) is 17.8 Å². The molecule has 1 nitrogen and oxygen atoms in total. The van der Waals surface area contributed by atoms with Crippen LogP contribution in [-0.2, 0) is 0 Å². The maximum atomic E-state index is 3.59. The molecule has 0 spiro atoms. The highest BCUT2D eigenvalue weighted by atomic mass is 14.9. The van der Waals surface area contributed by atoms with Crippen LogP contribution in [0.25, 0.3) is 0 Å². The molecule has 3 rings (SSSR count). The number of piperidine rings is 1. The first-order valence-electron chi connectivity index (χ1n) is 7.12. The Kier molecular flexibility index (Phi) is 3.19. The highest BCUT2D eigenvalue weighted by Crippen LogP contribution is 2.43. The summed E-state index contributed by atoms with van der Waals surface area (Å²) in [5.74, 6) is 2.71. The maximum absolute atomic E-state index is 3.59. The van der Waals surface area contributed by atoms with Crippen LogP contribution >= 0.6 is 0 Å². The predicted octanol–water partition coefficient (Wildman–Crippen LogP) is 3.49. The molecule has 1 aromatic rings. The first kappa shape index (κ1) is 11.3. The molecule has 1 aliphatic carbocycles. The molecule has 0 bridgehead atoms. The fraction of sp³-hybridized carbons (Fsp3) is 0.625. The molecule has 2 unspecified atom stereocenters. The summed E-state index contributed by atoms with van der Waals surface area (Å²) in [7, 11) is 0. The van der Waals surface area contributed by atoms with Crippen LogP contribution in [0.5, 0.6) is 0 Å². The minimum atomic E-state index is 0.758. The van der Waals surface area contributed by atoms with E-state index >= 15 is 0 Å². The Morgan fingerprint density at radius 1 is 1.18 bits per heavy atom. The van der Waals surface area contributed by atoms with Crippen molar-refractivity contribution in [3.8, 4) is 0 Å². The molecule has 17 heavy (non-hydrogen) atoms. The first-order chi connectivity index (χ1) is 8.34. The molecule has 92 valence electrons. The number of benzene rings is 1. The van der Waals surface area contributed by atoms with E-state index in [1.807, 2.05) is 0 Å². The molecular formula is C16H23N. The monoisotopic (exact) mass is 229 g/mol. The van der Waals surface area contributed by atoms with Crippen LogP contribution in [0.1, 0.15) is 42.7 Å². The zero-order valence-corrected chi connectivity index (χ0v) is 10.8. The van der Waals surface area contributed by atoms with E-state index < -0.39 is 0 Å². The lowest BCUT2D eigenvalue weighted by Gasteiger charge is -2.42.